The molecule has 0 radical (unpaired) electrons. The first-order chi connectivity index (χ1) is 12.6. The van der Waals surface area contributed by atoms with Crippen molar-refractivity contribution in [1.82, 2.24) is 19.7 Å². The Morgan fingerprint density at radius 2 is 2.00 bits per heavy atom. The number of hydrogen-bond donors (Lipinski definition) is 0. The Morgan fingerprint density at radius 1 is 1.27 bits per heavy atom. The van der Waals surface area contributed by atoms with Crippen LogP contribution in [0.3, 0.4) is 0 Å². The molecule has 140 valence electrons. The summed E-state index contributed by atoms with van der Waals surface area (Å²) < 4.78 is 12.9. The number of morpholine rings is 1. The third kappa shape index (κ3) is 4.93. The lowest BCUT2D eigenvalue weighted by Gasteiger charge is -2.26. The highest BCUT2D eigenvalue weighted by molar-refractivity contribution is 7.99. The number of hydrogen-bond acceptors (Lipinski definition) is 8. The van der Waals surface area contributed by atoms with Gasteiger partial charge in [-0.25, -0.2) is 0 Å². The minimum absolute atomic E-state index is 0.0370. The van der Waals surface area contributed by atoms with Crippen LogP contribution in [0.5, 0.6) is 5.75 Å². The standard InChI is InChI=1S/C16H21N5O4S/c1-19-15(12-25-14-4-2-13(3-5-14)21(22)23)17-18-16(19)26-11-8-20-6-9-24-10-7-20/h2-5H,6-12H2,1H3. The molecule has 0 N–H and O–H groups in total. The zero-order valence-electron chi connectivity index (χ0n) is 14.5. The number of nitro groups is 1. The van der Waals surface area contributed by atoms with Crippen LogP contribution in [-0.2, 0) is 18.4 Å². The van der Waals surface area contributed by atoms with E-state index in [0.29, 0.717) is 11.6 Å². The molecule has 26 heavy (non-hydrogen) atoms. The molecule has 1 aromatic carbocycles. The Kier molecular flexibility index (Phi) is 6.42. The zero-order valence-corrected chi connectivity index (χ0v) is 15.4. The molecule has 2 heterocycles. The predicted molar refractivity (Wildman–Crippen MR) is 96.4 cm³/mol. The minimum atomic E-state index is -0.438. The second-order valence-electron chi connectivity index (χ2n) is 5.80. The average molecular weight is 379 g/mol. The highest BCUT2D eigenvalue weighted by atomic mass is 32.2. The number of nitrogens with zero attached hydrogens (tertiary/aromatic N) is 5. The number of thioether (sulfide) groups is 1. The van der Waals surface area contributed by atoms with Gasteiger partial charge in [0.05, 0.1) is 18.1 Å². The van der Waals surface area contributed by atoms with Crippen LogP contribution in [0.2, 0.25) is 0 Å². The maximum absolute atomic E-state index is 10.7. The van der Waals surface area contributed by atoms with E-state index >= 15 is 0 Å². The zero-order chi connectivity index (χ0) is 18.4. The Labute approximate surface area is 155 Å². The lowest BCUT2D eigenvalue weighted by Crippen LogP contribution is -2.37. The second kappa shape index (κ2) is 8.97. The summed E-state index contributed by atoms with van der Waals surface area (Å²) in [6, 6.07) is 5.98. The van der Waals surface area contributed by atoms with Crippen molar-refractivity contribution in [3.8, 4) is 5.75 Å². The monoisotopic (exact) mass is 379 g/mol. The van der Waals surface area contributed by atoms with Gasteiger partial charge in [-0.05, 0) is 12.1 Å². The number of non-ortho nitro benzene ring substituents is 1. The first-order valence-corrected chi connectivity index (χ1v) is 9.30. The highest BCUT2D eigenvalue weighted by Gasteiger charge is 2.13. The van der Waals surface area contributed by atoms with Gasteiger partial charge in [0.15, 0.2) is 11.0 Å². The normalized spacial score (nSPS) is 15.1. The van der Waals surface area contributed by atoms with E-state index in [2.05, 4.69) is 15.1 Å². The van der Waals surface area contributed by atoms with Crippen LogP contribution in [0.1, 0.15) is 5.82 Å². The fraction of sp³-hybridized carbons (Fsp3) is 0.500. The van der Waals surface area contributed by atoms with Crippen molar-refractivity contribution in [3.05, 3.63) is 40.2 Å². The molecule has 0 saturated carbocycles. The van der Waals surface area contributed by atoms with Gasteiger partial charge in [-0.15, -0.1) is 10.2 Å². The van der Waals surface area contributed by atoms with Crippen molar-refractivity contribution >= 4 is 17.4 Å². The Bertz CT molecular complexity index is 731. The summed E-state index contributed by atoms with van der Waals surface area (Å²) in [5, 5.41) is 19.9. The van der Waals surface area contributed by atoms with E-state index in [0.717, 1.165) is 43.8 Å². The number of rotatable bonds is 8. The van der Waals surface area contributed by atoms with E-state index in [4.69, 9.17) is 9.47 Å². The molecule has 3 rings (SSSR count). The lowest BCUT2D eigenvalue weighted by molar-refractivity contribution is -0.384. The molecule has 9 nitrogen and oxygen atoms in total. The fourth-order valence-electron chi connectivity index (χ4n) is 2.50. The first kappa shape index (κ1) is 18.6. The molecule has 1 aliphatic heterocycles. The highest BCUT2D eigenvalue weighted by Crippen LogP contribution is 2.20. The molecule has 0 amide bonds. The van der Waals surface area contributed by atoms with E-state index in [1.165, 1.54) is 12.1 Å². The number of nitro benzene ring substituents is 1. The first-order valence-electron chi connectivity index (χ1n) is 8.32. The number of ether oxygens (including phenoxy) is 2. The second-order valence-corrected chi connectivity index (χ2v) is 6.86. The van der Waals surface area contributed by atoms with Gasteiger partial charge in [0, 0.05) is 44.6 Å². The molecule has 1 fully saturated rings. The summed E-state index contributed by atoms with van der Waals surface area (Å²) in [5.41, 5.74) is 0.0370. The Balaban J connectivity index is 1.47. The summed E-state index contributed by atoms with van der Waals surface area (Å²) in [4.78, 5) is 12.6. The largest absolute Gasteiger partial charge is 0.486 e. The van der Waals surface area contributed by atoms with Crippen LogP contribution in [0.4, 0.5) is 5.69 Å². The third-order valence-electron chi connectivity index (χ3n) is 4.08. The molecule has 10 heteroatoms. The van der Waals surface area contributed by atoms with Gasteiger partial charge in [0.1, 0.15) is 12.4 Å². The lowest BCUT2D eigenvalue weighted by atomic mass is 10.3. The maximum Gasteiger partial charge on any atom is 0.269 e. The van der Waals surface area contributed by atoms with Gasteiger partial charge >= 0.3 is 0 Å². The van der Waals surface area contributed by atoms with Gasteiger partial charge in [0.2, 0.25) is 0 Å². The summed E-state index contributed by atoms with van der Waals surface area (Å²) in [6.45, 7) is 4.82. The van der Waals surface area contributed by atoms with E-state index in [9.17, 15) is 10.1 Å². The average Bonchev–Trinajstić information content (AvgIpc) is 3.01. The van der Waals surface area contributed by atoms with Gasteiger partial charge in [0.25, 0.3) is 5.69 Å². The van der Waals surface area contributed by atoms with E-state index in [-0.39, 0.29) is 12.3 Å². The predicted octanol–water partition coefficient (Wildman–Crippen LogP) is 1.73. The van der Waals surface area contributed by atoms with Crippen LogP contribution < -0.4 is 4.74 Å². The van der Waals surface area contributed by atoms with Crippen LogP contribution in [0.25, 0.3) is 0 Å². The van der Waals surface area contributed by atoms with Crippen LogP contribution in [0.15, 0.2) is 29.4 Å². The molecular formula is C16H21N5O4S. The number of aromatic nitrogens is 3. The summed E-state index contributed by atoms with van der Waals surface area (Å²) in [6.07, 6.45) is 0. The quantitative estimate of drug-likeness (QED) is 0.389. The smallest absolute Gasteiger partial charge is 0.269 e. The summed E-state index contributed by atoms with van der Waals surface area (Å²) >= 11 is 1.66. The SMILES string of the molecule is Cn1c(COc2ccc([N+](=O)[O-])cc2)nnc1SCCN1CCOCC1. The molecule has 0 atom stereocenters. The van der Waals surface area contributed by atoms with E-state index < -0.39 is 4.92 Å². The molecule has 1 aromatic heterocycles. The third-order valence-corrected chi connectivity index (χ3v) is 5.08. The molecule has 0 aliphatic carbocycles. The molecule has 0 unspecified atom stereocenters. The Morgan fingerprint density at radius 3 is 2.69 bits per heavy atom. The fourth-order valence-corrected chi connectivity index (χ4v) is 3.43. The van der Waals surface area contributed by atoms with Crippen molar-refractivity contribution in [1.29, 1.82) is 0 Å². The number of benzene rings is 1. The van der Waals surface area contributed by atoms with Gasteiger partial charge < -0.3 is 14.0 Å². The molecular weight excluding hydrogens is 358 g/mol. The minimum Gasteiger partial charge on any atom is -0.486 e. The van der Waals surface area contributed by atoms with Gasteiger partial charge in [-0.3, -0.25) is 15.0 Å². The molecule has 1 aliphatic rings. The van der Waals surface area contributed by atoms with Crippen LogP contribution >= 0.6 is 11.8 Å². The van der Waals surface area contributed by atoms with Gasteiger partial charge in [-0.2, -0.15) is 0 Å². The molecule has 0 bridgehead atoms. The van der Waals surface area contributed by atoms with E-state index in [1.54, 1.807) is 23.9 Å². The van der Waals surface area contributed by atoms with Crippen LogP contribution in [-0.4, -0.2) is 63.2 Å². The topological polar surface area (TPSA) is 95.5 Å². The van der Waals surface area contributed by atoms with E-state index in [1.807, 2.05) is 11.6 Å². The Hall–Kier alpha value is -2.17. The van der Waals surface area contributed by atoms with Crippen molar-refractivity contribution in [2.75, 3.05) is 38.6 Å². The van der Waals surface area contributed by atoms with Crippen LogP contribution in [0, 0.1) is 10.1 Å². The van der Waals surface area contributed by atoms with Gasteiger partial charge in [-0.1, -0.05) is 11.8 Å². The summed E-state index contributed by atoms with van der Waals surface area (Å²) in [5.74, 6) is 2.20. The molecule has 0 spiro atoms. The summed E-state index contributed by atoms with van der Waals surface area (Å²) in [7, 11) is 1.91. The van der Waals surface area contributed by atoms with Crippen molar-refractivity contribution in [2.24, 2.45) is 7.05 Å². The maximum atomic E-state index is 10.7. The molecule has 1 saturated heterocycles. The van der Waals surface area contributed by atoms with Crippen molar-refractivity contribution < 1.29 is 14.4 Å². The van der Waals surface area contributed by atoms with Crippen molar-refractivity contribution in [3.63, 3.8) is 0 Å². The van der Waals surface area contributed by atoms with Crippen molar-refractivity contribution in [2.45, 2.75) is 11.8 Å². The molecule has 2 aromatic rings.